The molecule has 0 bridgehead atoms. The molecule has 3 rings (SSSR count). The van der Waals surface area contributed by atoms with Gasteiger partial charge in [-0.2, -0.15) is 0 Å². The lowest BCUT2D eigenvalue weighted by Crippen LogP contribution is -2.11. The van der Waals surface area contributed by atoms with Gasteiger partial charge in [0.2, 0.25) is 0 Å². The number of ether oxygens (including phenoxy) is 1. The molecule has 0 fully saturated rings. The minimum atomic E-state index is -0.441. The molecule has 1 amide bonds. The fraction of sp³-hybridized carbons (Fsp3) is 0.238. The van der Waals surface area contributed by atoms with E-state index < -0.39 is 5.82 Å². The zero-order chi connectivity index (χ0) is 19.2. The molecule has 0 aliphatic rings. The van der Waals surface area contributed by atoms with Gasteiger partial charge < -0.3 is 4.74 Å². The molecular formula is C21H21FN2O2S. The van der Waals surface area contributed by atoms with Crippen LogP contribution in [0.3, 0.4) is 0 Å². The molecule has 3 aromatic rings. The van der Waals surface area contributed by atoms with E-state index in [9.17, 15) is 9.18 Å². The van der Waals surface area contributed by atoms with E-state index in [-0.39, 0.29) is 11.5 Å². The number of amides is 1. The van der Waals surface area contributed by atoms with Crippen molar-refractivity contribution in [1.82, 2.24) is 4.98 Å². The molecule has 1 aromatic heterocycles. The first-order chi connectivity index (χ1) is 13.1. The van der Waals surface area contributed by atoms with Gasteiger partial charge in [-0.15, -0.1) is 11.3 Å². The van der Waals surface area contributed by atoms with Gasteiger partial charge in [-0.25, -0.2) is 9.37 Å². The van der Waals surface area contributed by atoms with Crippen LogP contribution in [0.4, 0.5) is 9.52 Å². The minimum Gasteiger partial charge on any atom is -0.494 e. The number of carbonyl (C=O) groups excluding carboxylic acids is 1. The van der Waals surface area contributed by atoms with Gasteiger partial charge in [0, 0.05) is 16.0 Å². The van der Waals surface area contributed by atoms with Crippen molar-refractivity contribution < 1.29 is 13.9 Å². The zero-order valence-electron chi connectivity index (χ0n) is 15.3. The number of hydrogen-bond donors (Lipinski definition) is 1. The molecule has 0 aliphatic carbocycles. The third kappa shape index (κ3) is 4.71. The normalized spacial score (nSPS) is 10.6. The number of thiazole rings is 1. The maximum Gasteiger partial charge on any atom is 0.257 e. The zero-order valence-corrected chi connectivity index (χ0v) is 16.1. The number of aromatic nitrogens is 1. The lowest BCUT2D eigenvalue weighted by atomic mass is 10.1. The van der Waals surface area contributed by atoms with Crippen molar-refractivity contribution >= 4 is 22.4 Å². The van der Waals surface area contributed by atoms with Crippen LogP contribution in [0.5, 0.6) is 5.75 Å². The second-order valence-electron chi connectivity index (χ2n) is 5.96. The summed E-state index contributed by atoms with van der Waals surface area (Å²) in [5.74, 6) is 0.00114. The van der Waals surface area contributed by atoms with Crippen LogP contribution >= 0.6 is 11.3 Å². The van der Waals surface area contributed by atoms with Crippen LogP contribution in [0.15, 0.2) is 48.5 Å². The van der Waals surface area contributed by atoms with Crippen molar-refractivity contribution in [1.29, 1.82) is 0 Å². The Morgan fingerprint density at radius 2 is 1.96 bits per heavy atom. The maximum absolute atomic E-state index is 13.3. The van der Waals surface area contributed by atoms with E-state index in [2.05, 4.69) is 17.2 Å². The average molecular weight is 384 g/mol. The van der Waals surface area contributed by atoms with Crippen LogP contribution < -0.4 is 10.1 Å². The van der Waals surface area contributed by atoms with Gasteiger partial charge >= 0.3 is 0 Å². The number of anilines is 1. The predicted molar refractivity (Wildman–Crippen MR) is 107 cm³/mol. The van der Waals surface area contributed by atoms with Gasteiger partial charge in [0.05, 0.1) is 12.3 Å². The van der Waals surface area contributed by atoms with Crippen molar-refractivity contribution in [2.24, 2.45) is 0 Å². The summed E-state index contributed by atoms with van der Waals surface area (Å²) in [5, 5.41) is 3.29. The van der Waals surface area contributed by atoms with E-state index >= 15 is 0 Å². The number of nitrogens with zero attached hydrogens (tertiary/aromatic N) is 1. The molecular weight excluding hydrogens is 363 g/mol. The Morgan fingerprint density at radius 1 is 1.19 bits per heavy atom. The second-order valence-corrected chi connectivity index (χ2v) is 7.05. The SMILES string of the molecule is CCCc1sc(NC(=O)c2cccc(F)c2)nc1-c1ccc(OCC)cc1. The minimum absolute atomic E-state index is 0.268. The molecule has 0 aliphatic heterocycles. The summed E-state index contributed by atoms with van der Waals surface area (Å²) < 4.78 is 18.8. The number of hydrogen-bond acceptors (Lipinski definition) is 4. The molecule has 1 N–H and O–H groups in total. The number of halogens is 1. The highest BCUT2D eigenvalue weighted by molar-refractivity contribution is 7.16. The maximum atomic E-state index is 13.3. The lowest BCUT2D eigenvalue weighted by molar-refractivity contribution is 0.102. The number of aryl methyl sites for hydroxylation is 1. The van der Waals surface area contributed by atoms with Crippen molar-refractivity contribution in [3.8, 4) is 17.0 Å². The fourth-order valence-electron chi connectivity index (χ4n) is 2.70. The number of carbonyl (C=O) groups is 1. The first-order valence-corrected chi connectivity index (χ1v) is 9.72. The van der Waals surface area contributed by atoms with E-state index in [0.717, 1.165) is 34.7 Å². The monoisotopic (exact) mass is 384 g/mol. The molecule has 2 aromatic carbocycles. The summed E-state index contributed by atoms with van der Waals surface area (Å²) in [7, 11) is 0. The smallest absolute Gasteiger partial charge is 0.257 e. The first-order valence-electron chi connectivity index (χ1n) is 8.90. The van der Waals surface area contributed by atoms with E-state index in [1.54, 1.807) is 6.07 Å². The van der Waals surface area contributed by atoms with Crippen LogP contribution in [0, 0.1) is 5.82 Å². The van der Waals surface area contributed by atoms with Crippen LogP contribution in [0.1, 0.15) is 35.5 Å². The molecule has 0 atom stereocenters. The Morgan fingerprint density at radius 3 is 2.63 bits per heavy atom. The summed E-state index contributed by atoms with van der Waals surface area (Å²) in [6.07, 6.45) is 1.85. The Balaban J connectivity index is 1.85. The summed E-state index contributed by atoms with van der Waals surface area (Å²) in [6, 6.07) is 13.4. The molecule has 0 saturated heterocycles. The summed E-state index contributed by atoms with van der Waals surface area (Å²) >= 11 is 1.45. The van der Waals surface area contributed by atoms with Crippen LogP contribution in [-0.2, 0) is 6.42 Å². The number of nitrogens with one attached hydrogen (secondary N) is 1. The third-order valence-corrected chi connectivity index (χ3v) is 4.95. The van der Waals surface area contributed by atoms with E-state index in [0.29, 0.717) is 11.7 Å². The van der Waals surface area contributed by atoms with Crippen LogP contribution in [0.25, 0.3) is 11.3 Å². The van der Waals surface area contributed by atoms with Gasteiger partial charge in [0.25, 0.3) is 5.91 Å². The Hall–Kier alpha value is -2.73. The highest BCUT2D eigenvalue weighted by Crippen LogP contribution is 2.33. The highest BCUT2D eigenvalue weighted by Gasteiger charge is 2.15. The van der Waals surface area contributed by atoms with Gasteiger partial charge in [-0.05, 0) is 55.8 Å². The van der Waals surface area contributed by atoms with Crippen molar-refractivity contribution in [3.63, 3.8) is 0 Å². The van der Waals surface area contributed by atoms with E-state index in [4.69, 9.17) is 4.74 Å². The molecule has 0 unspecified atom stereocenters. The largest absolute Gasteiger partial charge is 0.494 e. The van der Waals surface area contributed by atoms with Crippen LogP contribution in [0.2, 0.25) is 0 Å². The number of rotatable bonds is 7. The lowest BCUT2D eigenvalue weighted by Gasteiger charge is -2.05. The molecule has 6 heteroatoms. The van der Waals surface area contributed by atoms with Gasteiger partial charge in [0.1, 0.15) is 11.6 Å². The van der Waals surface area contributed by atoms with Crippen molar-refractivity contribution in [2.45, 2.75) is 26.7 Å². The predicted octanol–water partition coefficient (Wildman–Crippen LogP) is 5.55. The van der Waals surface area contributed by atoms with Gasteiger partial charge in [-0.3, -0.25) is 10.1 Å². The van der Waals surface area contributed by atoms with E-state index in [1.165, 1.54) is 29.5 Å². The second kappa shape index (κ2) is 8.77. The summed E-state index contributed by atoms with van der Waals surface area (Å²) in [6.45, 7) is 4.67. The van der Waals surface area contributed by atoms with Crippen LogP contribution in [-0.4, -0.2) is 17.5 Å². The molecule has 1 heterocycles. The molecule has 0 spiro atoms. The molecule has 27 heavy (non-hydrogen) atoms. The Kier molecular flexibility index (Phi) is 6.19. The standard InChI is InChI=1S/C21H21FN2O2S/c1-3-6-18-19(14-9-11-17(12-10-14)26-4-2)23-21(27-18)24-20(25)15-7-5-8-16(22)13-15/h5,7-13H,3-4,6H2,1-2H3,(H,23,24,25). The average Bonchev–Trinajstić information content (AvgIpc) is 3.05. The summed E-state index contributed by atoms with van der Waals surface area (Å²) in [5.41, 5.74) is 2.11. The summed E-state index contributed by atoms with van der Waals surface area (Å²) in [4.78, 5) is 18.1. The Bertz CT molecular complexity index is 922. The fourth-order valence-corrected chi connectivity index (χ4v) is 3.78. The quantitative estimate of drug-likeness (QED) is 0.581. The van der Waals surface area contributed by atoms with Crippen molar-refractivity contribution in [3.05, 3.63) is 64.8 Å². The highest BCUT2D eigenvalue weighted by atomic mass is 32.1. The van der Waals surface area contributed by atoms with Gasteiger partial charge in [-0.1, -0.05) is 19.4 Å². The van der Waals surface area contributed by atoms with Gasteiger partial charge in [0.15, 0.2) is 5.13 Å². The Labute approximate surface area is 162 Å². The number of benzene rings is 2. The molecule has 140 valence electrons. The molecule has 0 saturated carbocycles. The topological polar surface area (TPSA) is 51.2 Å². The third-order valence-electron chi connectivity index (χ3n) is 3.92. The first kappa shape index (κ1) is 19.0. The molecule has 4 nitrogen and oxygen atoms in total. The van der Waals surface area contributed by atoms with Crippen molar-refractivity contribution in [2.75, 3.05) is 11.9 Å². The molecule has 0 radical (unpaired) electrons. The van der Waals surface area contributed by atoms with E-state index in [1.807, 2.05) is 31.2 Å².